The van der Waals surface area contributed by atoms with Gasteiger partial charge in [-0.25, -0.2) is 0 Å². The van der Waals surface area contributed by atoms with Crippen LogP contribution >= 0.6 is 0 Å². The second-order valence-corrected chi connectivity index (χ2v) is 7.00. The molecule has 1 heterocycles. The molecular formula is C20H25N5O2. The Morgan fingerprint density at radius 2 is 1.93 bits per heavy atom. The number of aromatic nitrogens is 2. The van der Waals surface area contributed by atoms with Gasteiger partial charge in [-0.1, -0.05) is 30.3 Å². The normalized spacial score (nSPS) is 11.4. The number of rotatable bonds is 7. The minimum Gasteiger partial charge on any atom is -0.389 e. The molecule has 0 aliphatic carbocycles. The highest BCUT2D eigenvalue weighted by Crippen LogP contribution is 2.30. The number of nitrogens with zero attached hydrogens (tertiary/aromatic N) is 2. The summed E-state index contributed by atoms with van der Waals surface area (Å²) in [5.74, 6) is 6.64. The predicted octanol–water partition coefficient (Wildman–Crippen LogP) is 3.43. The van der Waals surface area contributed by atoms with E-state index < -0.39 is 5.60 Å². The van der Waals surface area contributed by atoms with Crippen LogP contribution in [0.3, 0.4) is 0 Å². The van der Waals surface area contributed by atoms with Crippen molar-refractivity contribution in [3.8, 4) is 22.8 Å². The average molecular weight is 367 g/mol. The monoisotopic (exact) mass is 367 g/mol. The van der Waals surface area contributed by atoms with Gasteiger partial charge in [-0.3, -0.25) is 5.84 Å². The zero-order valence-corrected chi connectivity index (χ0v) is 15.8. The third kappa shape index (κ3) is 4.45. The summed E-state index contributed by atoms with van der Waals surface area (Å²) in [6.45, 7) is 5.95. The molecule has 3 rings (SSSR count). The highest BCUT2D eigenvalue weighted by atomic mass is 16.5. The van der Waals surface area contributed by atoms with Gasteiger partial charge in [-0.15, -0.1) is 0 Å². The van der Waals surface area contributed by atoms with E-state index in [2.05, 4.69) is 33.9 Å². The minimum atomic E-state index is -0.834. The number of hydrogen-bond donors (Lipinski definition) is 4. The Labute approximate surface area is 158 Å². The molecule has 5 N–H and O–H groups in total. The van der Waals surface area contributed by atoms with E-state index in [-0.39, 0.29) is 0 Å². The number of benzene rings is 2. The van der Waals surface area contributed by atoms with Crippen LogP contribution in [0.1, 0.15) is 26.3 Å². The number of nitrogen functional groups attached to an aromatic ring is 1. The molecule has 7 nitrogen and oxygen atoms in total. The number of aliphatic hydroxyl groups is 1. The Morgan fingerprint density at radius 3 is 2.63 bits per heavy atom. The molecule has 0 radical (unpaired) electrons. The quantitative estimate of drug-likeness (QED) is 0.374. The van der Waals surface area contributed by atoms with Gasteiger partial charge >= 0.3 is 0 Å². The van der Waals surface area contributed by atoms with Gasteiger partial charge in [0.2, 0.25) is 5.82 Å². The van der Waals surface area contributed by atoms with Gasteiger partial charge in [0.25, 0.3) is 5.89 Å². The maximum atomic E-state index is 9.88. The smallest absolute Gasteiger partial charge is 0.258 e. The lowest BCUT2D eigenvalue weighted by molar-refractivity contribution is 0.0945. The van der Waals surface area contributed by atoms with Crippen LogP contribution in [0.15, 0.2) is 47.0 Å². The Hall–Kier alpha value is -2.90. The van der Waals surface area contributed by atoms with E-state index in [1.165, 1.54) is 0 Å². The SMILES string of the molecule is CCc1ccccc1-c1nc(-c2ccc(NCC(C)(C)O)c(NN)c2)no1. The van der Waals surface area contributed by atoms with E-state index in [0.717, 1.165) is 28.8 Å². The molecule has 0 atom stereocenters. The minimum absolute atomic E-state index is 0.390. The summed E-state index contributed by atoms with van der Waals surface area (Å²) in [5, 5.41) is 17.2. The number of anilines is 2. The van der Waals surface area contributed by atoms with Crippen molar-refractivity contribution in [2.75, 3.05) is 17.3 Å². The predicted molar refractivity (Wildman–Crippen MR) is 107 cm³/mol. The molecule has 0 amide bonds. The standard InChI is InChI=1S/C20H25N5O2/c1-4-13-7-5-6-8-15(13)19-23-18(25-27-19)14-9-10-16(17(11-14)24-21)22-12-20(2,3)26/h5-11,22,24,26H,4,12,21H2,1-3H3. The zero-order chi connectivity index (χ0) is 19.4. The van der Waals surface area contributed by atoms with Gasteiger partial charge in [-0.05, 0) is 50.1 Å². The molecule has 142 valence electrons. The molecule has 0 aliphatic heterocycles. The fourth-order valence-corrected chi connectivity index (χ4v) is 2.76. The summed E-state index contributed by atoms with van der Waals surface area (Å²) >= 11 is 0. The molecule has 3 aromatic rings. The van der Waals surface area contributed by atoms with Gasteiger partial charge in [0.15, 0.2) is 0 Å². The first kappa shape index (κ1) is 18.9. The highest BCUT2D eigenvalue weighted by molar-refractivity contribution is 5.75. The van der Waals surface area contributed by atoms with Crippen molar-refractivity contribution in [2.24, 2.45) is 5.84 Å². The van der Waals surface area contributed by atoms with Gasteiger partial charge < -0.3 is 20.4 Å². The lowest BCUT2D eigenvalue weighted by Gasteiger charge is -2.20. The Morgan fingerprint density at radius 1 is 1.15 bits per heavy atom. The number of hydrogen-bond acceptors (Lipinski definition) is 7. The average Bonchev–Trinajstić information content (AvgIpc) is 3.15. The van der Waals surface area contributed by atoms with Crippen molar-refractivity contribution in [2.45, 2.75) is 32.8 Å². The number of aryl methyl sites for hydroxylation is 1. The maximum absolute atomic E-state index is 9.88. The second kappa shape index (κ2) is 7.77. The van der Waals surface area contributed by atoms with Crippen LogP contribution in [0, 0.1) is 0 Å². The molecule has 0 aliphatic rings. The molecule has 0 saturated heterocycles. The summed E-state index contributed by atoms with van der Waals surface area (Å²) in [5.41, 5.74) is 6.17. The van der Waals surface area contributed by atoms with Crippen molar-refractivity contribution < 1.29 is 9.63 Å². The zero-order valence-electron chi connectivity index (χ0n) is 15.8. The van der Waals surface area contributed by atoms with Crippen LogP contribution in [0.4, 0.5) is 11.4 Å². The Balaban J connectivity index is 1.88. The van der Waals surface area contributed by atoms with E-state index in [4.69, 9.17) is 10.4 Å². The molecule has 0 saturated carbocycles. The summed E-state index contributed by atoms with van der Waals surface area (Å²) in [6.07, 6.45) is 0.886. The molecule has 27 heavy (non-hydrogen) atoms. The summed E-state index contributed by atoms with van der Waals surface area (Å²) in [6, 6.07) is 13.6. The Bertz CT molecular complexity index is 915. The van der Waals surface area contributed by atoms with Gasteiger partial charge in [0, 0.05) is 17.7 Å². The maximum Gasteiger partial charge on any atom is 0.258 e. The third-order valence-electron chi connectivity index (χ3n) is 4.20. The van der Waals surface area contributed by atoms with E-state index >= 15 is 0 Å². The van der Waals surface area contributed by atoms with Crippen molar-refractivity contribution in [3.63, 3.8) is 0 Å². The molecule has 1 aromatic heterocycles. The first-order valence-corrected chi connectivity index (χ1v) is 8.90. The van der Waals surface area contributed by atoms with Crippen LogP contribution in [-0.2, 0) is 6.42 Å². The van der Waals surface area contributed by atoms with E-state index in [0.29, 0.717) is 23.9 Å². The third-order valence-corrected chi connectivity index (χ3v) is 4.20. The fraction of sp³-hybridized carbons (Fsp3) is 0.300. The molecule has 7 heteroatoms. The van der Waals surface area contributed by atoms with E-state index in [9.17, 15) is 5.11 Å². The number of nitrogens with two attached hydrogens (primary N) is 1. The van der Waals surface area contributed by atoms with E-state index in [1.54, 1.807) is 13.8 Å². The van der Waals surface area contributed by atoms with E-state index in [1.807, 2.05) is 36.4 Å². The molecule has 0 fully saturated rings. The lowest BCUT2D eigenvalue weighted by Crippen LogP contribution is -2.29. The highest BCUT2D eigenvalue weighted by Gasteiger charge is 2.16. The van der Waals surface area contributed by atoms with Gasteiger partial charge in [0.05, 0.1) is 17.0 Å². The molecular weight excluding hydrogens is 342 g/mol. The first-order chi connectivity index (χ1) is 12.9. The fourth-order valence-electron chi connectivity index (χ4n) is 2.76. The van der Waals surface area contributed by atoms with Crippen LogP contribution in [-0.4, -0.2) is 27.4 Å². The Kier molecular flexibility index (Phi) is 5.43. The van der Waals surface area contributed by atoms with Gasteiger partial charge in [0.1, 0.15) is 0 Å². The van der Waals surface area contributed by atoms with Crippen LogP contribution in [0.25, 0.3) is 22.8 Å². The van der Waals surface area contributed by atoms with Crippen LogP contribution < -0.4 is 16.6 Å². The van der Waals surface area contributed by atoms with Crippen molar-refractivity contribution in [3.05, 3.63) is 48.0 Å². The largest absolute Gasteiger partial charge is 0.389 e. The van der Waals surface area contributed by atoms with Crippen LogP contribution in [0.5, 0.6) is 0 Å². The van der Waals surface area contributed by atoms with Crippen molar-refractivity contribution in [1.82, 2.24) is 10.1 Å². The van der Waals surface area contributed by atoms with Gasteiger partial charge in [-0.2, -0.15) is 4.98 Å². The lowest BCUT2D eigenvalue weighted by atomic mass is 10.1. The second-order valence-electron chi connectivity index (χ2n) is 7.00. The molecule has 0 bridgehead atoms. The summed E-state index contributed by atoms with van der Waals surface area (Å²) < 4.78 is 5.48. The molecule has 0 unspecified atom stereocenters. The summed E-state index contributed by atoms with van der Waals surface area (Å²) in [4.78, 5) is 4.54. The number of nitrogens with one attached hydrogen (secondary N) is 2. The molecule has 0 spiro atoms. The first-order valence-electron chi connectivity index (χ1n) is 8.90. The van der Waals surface area contributed by atoms with Crippen molar-refractivity contribution >= 4 is 11.4 Å². The number of hydrazine groups is 1. The summed E-state index contributed by atoms with van der Waals surface area (Å²) in [7, 11) is 0. The van der Waals surface area contributed by atoms with Crippen LogP contribution in [0.2, 0.25) is 0 Å². The topological polar surface area (TPSA) is 109 Å². The van der Waals surface area contributed by atoms with Crippen molar-refractivity contribution in [1.29, 1.82) is 0 Å². The molecule has 2 aromatic carbocycles.